The van der Waals surface area contributed by atoms with Crippen molar-refractivity contribution < 1.29 is 24.0 Å². The molecule has 9 rings (SSSR count). The standard InChI is InChI=1S/C45H49ClN8O5/c1-28-25-45(27-53(28)32-4-7-37(47-2)36(46)24-32)15-21-51(22-16-45)33-5-8-38(48-26-33)44(59)52-19-13-30(14-20-52)29-11-17-50(18-12-29)31-3-6-34-35(23-31)43(58)54(42(34)57)39-9-10-40(55)49-41(39)56/h3-8,23-24,26,28-30,39H,9-22,25,27H2,1H3,(H,49,55,56)/t28-,39?/m0/s1. The highest BCUT2D eigenvalue weighted by molar-refractivity contribution is 6.33. The summed E-state index contributed by atoms with van der Waals surface area (Å²) in [5, 5.41) is 2.75. The van der Waals surface area contributed by atoms with Crippen molar-refractivity contribution in [1.82, 2.24) is 20.1 Å². The lowest BCUT2D eigenvalue weighted by Gasteiger charge is -2.41. The fourth-order valence-corrected chi connectivity index (χ4v) is 11.0. The molecular formula is C45H49ClN8O5. The number of nitrogens with one attached hydrogen (secondary N) is 1. The van der Waals surface area contributed by atoms with Gasteiger partial charge in [-0.3, -0.25) is 34.2 Å². The largest absolute Gasteiger partial charge is 0.371 e. The lowest BCUT2D eigenvalue weighted by atomic mass is 9.76. The first kappa shape index (κ1) is 39.0. The minimum atomic E-state index is -0.976. The molecule has 2 aromatic carbocycles. The molecule has 7 heterocycles. The van der Waals surface area contributed by atoms with Crippen LogP contribution in [0.5, 0.6) is 0 Å². The number of fused-ring (bicyclic) bond motifs is 1. The van der Waals surface area contributed by atoms with Gasteiger partial charge in [0.2, 0.25) is 17.5 Å². The number of carbonyl (C=O) groups is 5. The summed E-state index contributed by atoms with van der Waals surface area (Å²) in [6.45, 7) is 15.6. The van der Waals surface area contributed by atoms with E-state index in [1.165, 1.54) is 0 Å². The van der Waals surface area contributed by atoms with Gasteiger partial charge < -0.3 is 19.6 Å². The van der Waals surface area contributed by atoms with Crippen LogP contribution in [0.25, 0.3) is 4.85 Å². The minimum absolute atomic E-state index is 0.00667. The monoisotopic (exact) mass is 816 g/mol. The molecule has 6 aliphatic rings. The zero-order valence-electron chi connectivity index (χ0n) is 33.4. The molecule has 1 aromatic heterocycles. The third kappa shape index (κ3) is 7.30. The number of halogens is 1. The number of piperidine rings is 4. The number of amides is 5. The van der Waals surface area contributed by atoms with Gasteiger partial charge >= 0.3 is 0 Å². The molecule has 0 radical (unpaired) electrons. The Kier molecular flexibility index (Phi) is 10.3. The molecule has 5 saturated heterocycles. The number of rotatable bonds is 6. The lowest BCUT2D eigenvalue weighted by molar-refractivity contribution is -0.136. The fourth-order valence-electron chi connectivity index (χ4n) is 10.8. The van der Waals surface area contributed by atoms with Gasteiger partial charge in [0, 0.05) is 74.7 Å². The van der Waals surface area contributed by atoms with E-state index in [1.807, 2.05) is 47.5 Å². The first-order chi connectivity index (χ1) is 28.5. The van der Waals surface area contributed by atoms with Gasteiger partial charge in [0.25, 0.3) is 17.7 Å². The first-order valence-corrected chi connectivity index (χ1v) is 21.4. The zero-order valence-corrected chi connectivity index (χ0v) is 34.1. The van der Waals surface area contributed by atoms with E-state index in [0.717, 1.165) is 113 Å². The molecule has 1 spiro atoms. The molecule has 6 aliphatic heterocycles. The topological polar surface area (TPSA) is 131 Å². The van der Waals surface area contributed by atoms with Crippen LogP contribution in [-0.4, -0.2) is 102 Å². The van der Waals surface area contributed by atoms with Crippen molar-refractivity contribution in [3.8, 4) is 0 Å². The van der Waals surface area contributed by atoms with Gasteiger partial charge in [0.05, 0.1) is 29.6 Å². The molecular weight excluding hydrogens is 768 g/mol. The number of benzene rings is 2. The lowest BCUT2D eigenvalue weighted by Crippen LogP contribution is -2.54. The molecule has 0 bridgehead atoms. The summed E-state index contributed by atoms with van der Waals surface area (Å²) < 4.78 is 0. The molecule has 13 nitrogen and oxygen atoms in total. The SMILES string of the molecule is [C-]#[N+]c1ccc(N2CC3(CCN(c4ccc(C(=O)N5CCC(C6CCN(c7ccc8c(c7)C(=O)N(C7CCC(=O)NC7=O)C8=O)CC6)CC5)nc4)CC3)C[C@@H]2C)cc1Cl. The first-order valence-electron chi connectivity index (χ1n) is 21.1. The van der Waals surface area contributed by atoms with Crippen LogP contribution in [0.3, 0.4) is 0 Å². The van der Waals surface area contributed by atoms with E-state index in [-0.39, 0.29) is 24.2 Å². The van der Waals surface area contributed by atoms with Crippen molar-refractivity contribution in [2.45, 2.75) is 76.8 Å². The number of anilines is 3. The Morgan fingerprint density at radius 1 is 0.814 bits per heavy atom. The molecule has 5 amide bonds. The highest BCUT2D eigenvalue weighted by atomic mass is 35.5. The summed E-state index contributed by atoms with van der Waals surface area (Å²) in [6.07, 6.45) is 9.33. The van der Waals surface area contributed by atoms with Crippen molar-refractivity contribution in [3.05, 3.63) is 88.0 Å². The van der Waals surface area contributed by atoms with Crippen molar-refractivity contribution in [2.75, 3.05) is 60.5 Å². The van der Waals surface area contributed by atoms with E-state index in [1.54, 1.807) is 12.1 Å². The number of aromatic nitrogens is 1. The van der Waals surface area contributed by atoms with Crippen LogP contribution in [0.2, 0.25) is 5.02 Å². The predicted octanol–water partition coefficient (Wildman–Crippen LogP) is 6.34. The van der Waals surface area contributed by atoms with Crippen LogP contribution in [0, 0.1) is 23.8 Å². The van der Waals surface area contributed by atoms with Gasteiger partial charge in [0.15, 0.2) is 0 Å². The minimum Gasteiger partial charge on any atom is -0.371 e. The molecule has 2 atom stereocenters. The Hall–Kier alpha value is -5.48. The average molecular weight is 817 g/mol. The maximum Gasteiger partial charge on any atom is 0.272 e. The van der Waals surface area contributed by atoms with E-state index in [0.29, 0.717) is 45.4 Å². The van der Waals surface area contributed by atoms with E-state index < -0.39 is 29.7 Å². The summed E-state index contributed by atoms with van der Waals surface area (Å²) in [5.41, 5.74) is 4.85. The smallest absolute Gasteiger partial charge is 0.272 e. The molecule has 3 aromatic rings. The zero-order chi connectivity index (χ0) is 41.0. The Labute approximate surface area is 349 Å². The number of hydrogen-bond donors (Lipinski definition) is 1. The van der Waals surface area contributed by atoms with Crippen LogP contribution in [0.1, 0.15) is 95.9 Å². The number of likely N-dealkylation sites (tertiary alicyclic amines) is 1. The molecule has 0 aliphatic carbocycles. The number of nitrogens with zero attached hydrogens (tertiary/aromatic N) is 7. The third-order valence-electron chi connectivity index (χ3n) is 14.1. The average Bonchev–Trinajstić information content (AvgIpc) is 3.71. The number of hydrogen-bond acceptors (Lipinski definition) is 9. The Morgan fingerprint density at radius 3 is 2.14 bits per heavy atom. The second-order valence-electron chi connectivity index (χ2n) is 17.4. The van der Waals surface area contributed by atoms with Crippen LogP contribution in [0.4, 0.5) is 22.7 Å². The molecule has 1 unspecified atom stereocenters. The van der Waals surface area contributed by atoms with Gasteiger partial charge in [-0.25, -0.2) is 9.83 Å². The summed E-state index contributed by atoms with van der Waals surface area (Å²) in [4.78, 5) is 82.4. The summed E-state index contributed by atoms with van der Waals surface area (Å²) >= 11 is 6.39. The summed E-state index contributed by atoms with van der Waals surface area (Å²) in [7, 11) is 0. The molecule has 14 heteroatoms. The van der Waals surface area contributed by atoms with Crippen LogP contribution >= 0.6 is 11.6 Å². The molecule has 59 heavy (non-hydrogen) atoms. The van der Waals surface area contributed by atoms with Crippen LogP contribution in [-0.2, 0) is 9.59 Å². The van der Waals surface area contributed by atoms with Crippen LogP contribution < -0.4 is 20.0 Å². The van der Waals surface area contributed by atoms with E-state index >= 15 is 0 Å². The van der Waals surface area contributed by atoms with Crippen molar-refractivity contribution in [3.63, 3.8) is 0 Å². The van der Waals surface area contributed by atoms with Gasteiger partial charge in [-0.15, -0.1) is 0 Å². The van der Waals surface area contributed by atoms with Gasteiger partial charge in [-0.05, 0) is 118 Å². The van der Waals surface area contributed by atoms with Gasteiger partial charge in [0.1, 0.15) is 11.7 Å². The van der Waals surface area contributed by atoms with Crippen molar-refractivity contribution >= 4 is 63.9 Å². The normalized spacial score (nSPS) is 23.8. The quantitative estimate of drug-likeness (QED) is 0.224. The second kappa shape index (κ2) is 15.6. The number of carbonyl (C=O) groups excluding carboxylic acids is 5. The molecule has 0 saturated carbocycles. The van der Waals surface area contributed by atoms with E-state index in [9.17, 15) is 24.0 Å². The van der Waals surface area contributed by atoms with E-state index in [2.05, 4.69) is 36.8 Å². The summed E-state index contributed by atoms with van der Waals surface area (Å²) in [6, 6.07) is 14.5. The van der Waals surface area contributed by atoms with Crippen molar-refractivity contribution in [1.29, 1.82) is 0 Å². The van der Waals surface area contributed by atoms with Crippen LogP contribution in [0.15, 0.2) is 54.7 Å². The highest BCUT2D eigenvalue weighted by Gasteiger charge is 2.46. The van der Waals surface area contributed by atoms with Gasteiger partial charge in [-0.1, -0.05) is 17.7 Å². The Bertz CT molecular complexity index is 2230. The number of imide groups is 2. The maximum atomic E-state index is 13.6. The van der Waals surface area contributed by atoms with E-state index in [4.69, 9.17) is 18.2 Å². The maximum absolute atomic E-state index is 13.6. The number of pyridine rings is 1. The fraction of sp³-hybridized carbons (Fsp3) is 0.489. The Balaban J connectivity index is 0.736. The molecule has 306 valence electrons. The predicted molar refractivity (Wildman–Crippen MR) is 224 cm³/mol. The molecule has 1 N–H and O–H groups in total. The molecule has 5 fully saturated rings. The highest BCUT2D eigenvalue weighted by Crippen LogP contribution is 2.46. The van der Waals surface area contributed by atoms with Crippen molar-refractivity contribution in [2.24, 2.45) is 17.3 Å². The Morgan fingerprint density at radius 2 is 1.47 bits per heavy atom. The third-order valence-corrected chi connectivity index (χ3v) is 14.4. The summed E-state index contributed by atoms with van der Waals surface area (Å²) in [5.74, 6) is -0.893. The second-order valence-corrected chi connectivity index (χ2v) is 17.9. The van der Waals surface area contributed by atoms with Gasteiger partial charge in [-0.2, -0.15) is 0 Å².